The molecule has 0 aliphatic rings. The first-order chi connectivity index (χ1) is 40.8. The van der Waals surface area contributed by atoms with Gasteiger partial charge in [-0.05, 0) is 96.4 Å². The normalized spacial score (nSPS) is 10.8. The van der Waals surface area contributed by atoms with Crippen molar-refractivity contribution in [2.45, 2.75) is 45.8 Å². The Labute approximate surface area is 497 Å². The quantitative estimate of drug-likeness (QED) is 0.0388. The van der Waals surface area contributed by atoms with E-state index in [0.29, 0.717) is 56.6 Å². The number of benzene rings is 2. The van der Waals surface area contributed by atoms with Crippen molar-refractivity contribution >= 4 is 89.7 Å². The summed E-state index contributed by atoms with van der Waals surface area (Å²) in [5.74, 6) is -3.68. The minimum absolute atomic E-state index is 0. The molecular formula is C61H59BrF2N10O12. The van der Waals surface area contributed by atoms with Gasteiger partial charge in [0.05, 0.1) is 33.6 Å². The molecule has 2 aromatic carbocycles. The molecule has 9 aromatic heterocycles. The van der Waals surface area contributed by atoms with Crippen LogP contribution < -0.4 is 26.3 Å². The smallest absolute Gasteiger partial charge is 0.323 e. The maximum Gasteiger partial charge on any atom is 0.323 e. The number of rotatable bonds is 16. The summed E-state index contributed by atoms with van der Waals surface area (Å²) in [5, 5.41) is 21.2. The summed E-state index contributed by atoms with van der Waals surface area (Å²) < 4.78 is 47.0. The number of nitrogens with one attached hydrogen (secondary N) is 3. The Morgan fingerprint density at radius 2 is 1.23 bits per heavy atom. The lowest BCUT2D eigenvalue weighted by atomic mass is 9.86. The molecule has 0 aliphatic carbocycles. The number of hydrogen-bond acceptors (Lipinski definition) is 13. The number of fused-ring (bicyclic) bond motifs is 4. The van der Waals surface area contributed by atoms with E-state index in [0.717, 1.165) is 33.3 Å². The average molecular weight is 1240 g/mol. The summed E-state index contributed by atoms with van der Waals surface area (Å²) in [5.41, 5.74) is 10.1. The second-order valence-electron chi connectivity index (χ2n) is 18.4. The van der Waals surface area contributed by atoms with Crippen LogP contribution in [0.1, 0.15) is 41.4 Å². The number of primary amides is 1. The monoisotopic (exact) mass is 1240 g/mol. The van der Waals surface area contributed by atoms with Crippen molar-refractivity contribution in [2.24, 2.45) is 5.73 Å². The van der Waals surface area contributed by atoms with Crippen LogP contribution in [0.3, 0.4) is 0 Å². The molecule has 11 aromatic rings. The van der Waals surface area contributed by atoms with E-state index < -0.39 is 35.4 Å². The highest BCUT2D eigenvalue weighted by molar-refractivity contribution is 9.09. The number of alkyl halides is 1. The zero-order chi connectivity index (χ0) is 61.2. The number of ketones is 1. The molecule has 0 saturated heterocycles. The summed E-state index contributed by atoms with van der Waals surface area (Å²) in [6.07, 6.45) is 8.65. The number of halogens is 3. The molecule has 9 heterocycles. The van der Waals surface area contributed by atoms with Crippen molar-refractivity contribution < 1.29 is 57.2 Å². The third kappa shape index (κ3) is 17.7. The Morgan fingerprint density at radius 1 is 0.663 bits per heavy atom. The van der Waals surface area contributed by atoms with Gasteiger partial charge in [-0.1, -0.05) is 41.6 Å². The van der Waals surface area contributed by atoms with Crippen LogP contribution in [0.15, 0.2) is 168 Å². The molecule has 0 unspecified atom stereocenters. The van der Waals surface area contributed by atoms with Crippen molar-refractivity contribution in [1.29, 1.82) is 0 Å². The molecule has 1 amide bonds. The zero-order valence-corrected chi connectivity index (χ0v) is 47.3. The van der Waals surface area contributed by atoms with Gasteiger partial charge in [0.15, 0.2) is 5.78 Å². The Kier molecular flexibility index (Phi) is 23.0. The number of H-pyrrole nitrogens is 3. The van der Waals surface area contributed by atoms with E-state index in [9.17, 15) is 42.3 Å². The Morgan fingerprint density at radius 3 is 1.81 bits per heavy atom. The highest BCUT2D eigenvalue weighted by atomic mass is 79.9. The van der Waals surface area contributed by atoms with Crippen LogP contribution >= 0.6 is 15.9 Å². The second kappa shape index (κ2) is 30.7. The van der Waals surface area contributed by atoms with Crippen molar-refractivity contribution in [3.63, 3.8) is 0 Å². The molecule has 0 spiro atoms. The number of methoxy groups -OCH3 is 3. The van der Waals surface area contributed by atoms with Crippen molar-refractivity contribution in [1.82, 2.24) is 43.6 Å². The van der Waals surface area contributed by atoms with E-state index in [-0.39, 0.29) is 68.1 Å². The molecule has 25 heteroatoms. The van der Waals surface area contributed by atoms with Gasteiger partial charge >= 0.3 is 17.9 Å². The fourth-order valence-electron chi connectivity index (χ4n) is 8.74. The fourth-order valence-corrected chi connectivity index (χ4v) is 8.97. The van der Waals surface area contributed by atoms with Gasteiger partial charge in [-0.25, -0.2) is 8.78 Å². The first-order valence-corrected chi connectivity index (χ1v) is 26.7. The predicted molar refractivity (Wildman–Crippen MR) is 322 cm³/mol. The van der Waals surface area contributed by atoms with Crippen molar-refractivity contribution in [3.8, 4) is 22.9 Å². The minimum Gasteiger partial charge on any atom is -0.481 e. The van der Waals surface area contributed by atoms with Gasteiger partial charge in [-0.2, -0.15) is 9.97 Å². The van der Waals surface area contributed by atoms with Crippen LogP contribution in [0.25, 0.3) is 55.3 Å². The van der Waals surface area contributed by atoms with E-state index in [1.807, 2.05) is 42.6 Å². The molecule has 7 N–H and O–H groups in total. The van der Waals surface area contributed by atoms with E-state index >= 15 is 0 Å². The second-order valence-corrected chi connectivity index (χ2v) is 19.0. The fraction of sp³-hybridized carbons (Fsp3) is 0.180. The van der Waals surface area contributed by atoms with Gasteiger partial charge in [0.25, 0.3) is 0 Å². The number of aliphatic carboxylic acids is 2. The summed E-state index contributed by atoms with van der Waals surface area (Å²) in [6.45, 7) is -0.260. The Balaban J connectivity index is 0.000000204. The van der Waals surface area contributed by atoms with Gasteiger partial charge < -0.3 is 58.8 Å². The van der Waals surface area contributed by atoms with E-state index in [1.165, 1.54) is 43.1 Å². The van der Waals surface area contributed by atoms with Gasteiger partial charge in [-0.3, -0.25) is 38.5 Å². The van der Waals surface area contributed by atoms with E-state index in [2.05, 4.69) is 50.6 Å². The number of nitrogens with two attached hydrogens (primary N) is 1. The molecule has 0 bridgehead atoms. The van der Waals surface area contributed by atoms with Crippen LogP contribution in [0.4, 0.5) is 8.78 Å². The van der Waals surface area contributed by atoms with Crippen molar-refractivity contribution in [3.05, 3.63) is 208 Å². The maximum atomic E-state index is 14.0. The number of Topliss-reactive ketones (excluding diaryl/α,β-unsaturated/α-hetero) is 1. The maximum absolute atomic E-state index is 14.0. The Bertz CT molecular complexity index is 4260. The van der Waals surface area contributed by atoms with Crippen molar-refractivity contribution in [2.75, 3.05) is 26.7 Å². The SMILES string of the molecule is C.COC(=O)CBr.COc1ccc2cc[nH]c2n1.COc1ccc2ccn(CC(=O)O)c2n1.NC(=O)c1cccc(-c2cccnc2[C@@H](CC(=O)Cn2ccc3ccc(=O)[nH]c32)Cc2cc(F)cc(F)c2)c1.O=C(O)Cn1ccc2ccc(=O)[nH]c21. The zero-order valence-electron chi connectivity index (χ0n) is 45.7. The summed E-state index contributed by atoms with van der Waals surface area (Å²) in [4.78, 5) is 100. The lowest BCUT2D eigenvalue weighted by Gasteiger charge is -2.20. The van der Waals surface area contributed by atoms with E-state index in [4.69, 9.17) is 25.4 Å². The third-order valence-electron chi connectivity index (χ3n) is 12.5. The standard InChI is InChI=1S/C30H24F2N4O3.C10H10N2O3.C9H8N2O3.C8H8N2O.C3H5BrO2.CH4/c31-23-12-18(13-24(32)16-23)11-22(15-25(37)17-36-10-8-19-6-7-27(38)35-30(19)36)28-26(5-2-9-34-28)20-3-1-4-21(14-20)29(33)39;1-15-8-3-2-7-4-5-12(6-9(13)14)10(7)11-8;12-7-2-1-6-3-4-11(5-8(13)14)9(6)10-7;1-11-7-3-2-6-4-5-9-8(6)10-7;1-6-3(5)2-4;/h1-10,12-14,16,22H,11,15,17H2,(H2,33,39)(H,35,38);2-5H,6H2,1H3,(H,13,14);1-4H,5H2,(H,10,12)(H,13,14);2-5H,1H3,(H,9,10);2H2,1H3;1H4/t22-;;;;;/m1...../s1. The minimum atomic E-state index is -0.938. The molecule has 0 radical (unpaired) electrons. The number of esters is 1. The number of hydrogen-bond donors (Lipinski definition) is 6. The van der Waals surface area contributed by atoms with Crippen LogP contribution in [-0.4, -0.2) is 110 Å². The molecule has 0 fully saturated rings. The lowest BCUT2D eigenvalue weighted by molar-refractivity contribution is -0.138. The largest absolute Gasteiger partial charge is 0.481 e. The molecular weight excluding hydrogens is 1180 g/mol. The van der Waals surface area contributed by atoms with Crippen LogP contribution in [0, 0.1) is 11.6 Å². The number of amides is 1. The van der Waals surface area contributed by atoms with Gasteiger partial charge in [0.1, 0.15) is 52.6 Å². The molecule has 22 nitrogen and oxygen atoms in total. The number of ether oxygens (including phenoxy) is 3. The van der Waals surface area contributed by atoms with Gasteiger partial charge in [0, 0.05) is 106 Å². The van der Waals surface area contributed by atoms with Crippen LogP contribution in [0.5, 0.6) is 11.8 Å². The number of nitrogens with zero attached hydrogens (tertiary/aromatic N) is 6. The van der Waals surface area contributed by atoms with Gasteiger partial charge in [-0.15, -0.1) is 0 Å². The number of aromatic amines is 3. The first-order valence-electron chi connectivity index (χ1n) is 25.6. The number of carbonyl (C=O) groups excluding carboxylic acids is 3. The number of carbonyl (C=O) groups is 5. The number of carboxylic acids is 2. The molecule has 1 atom stereocenters. The third-order valence-corrected chi connectivity index (χ3v) is 13.0. The lowest BCUT2D eigenvalue weighted by Crippen LogP contribution is -2.17. The molecule has 446 valence electrons. The van der Waals surface area contributed by atoms with E-state index in [1.54, 1.807) is 102 Å². The van der Waals surface area contributed by atoms with Crippen LogP contribution in [0.2, 0.25) is 0 Å². The summed E-state index contributed by atoms with van der Waals surface area (Å²) in [6, 6.07) is 34.5. The highest BCUT2D eigenvalue weighted by Gasteiger charge is 2.24. The highest BCUT2D eigenvalue weighted by Crippen LogP contribution is 2.33. The van der Waals surface area contributed by atoms with Crippen LogP contribution in [-0.2, 0) is 50.0 Å². The first kappa shape index (κ1) is 64.6. The summed E-state index contributed by atoms with van der Waals surface area (Å²) in [7, 11) is 4.49. The number of carboxylic acid groups (broad SMARTS) is 2. The molecule has 11 rings (SSSR count). The summed E-state index contributed by atoms with van der Waals surface area (Å²) >= 11 is 2.90. The molecule has 0 saturated carbocycles. The molecule has 0 aliphatic heterocycles. The molecule has 86 heavy (non-hydrogen) atoms. The number of aromatic nitrogens is 9. The van der Waals surface area contributed by atoms with Gasteiger partial charge in [0.2, 0.25) is 28.8 Å². The Hall–Kier alpha value is -10.6. The predicted octanol–water partition coefficient (Wildman–Crippen LogP) is 9.06. The average Bonchev–Trinajstić information content (AvgIpc) is 4.30. The number of pyridine rings is 5. The topological polar surface area (TPSA) is 314 Å².